The molecule has 8 nitrogen and oxygen atoms in total. The van der Waals surface area contributed by atoms with Crippen molar-refractivity contribution in [3.8, 4) is 6.07 Å². The van der Waals surface area contributed by atoms with Gasteiger partial charge in [-0.2, -0.15) is 10.4 Å². The molecule has 9 heteroatoms. The summed E-state index contributed by atoms with van der Waals surface area (Å²) in [5.74, 6) is -1.47. The van der Waals surface area contributed by atoms with Gasteiger partial charge in [0.15, 0.2) is 6.61 Å². The number of hydrogen-bond donors (Lipinski definition) is 1. The topological polar surface area (TPSA) is 112 Å². The fourth-order valence-corrected chi connectivity index (χ4v) is 5.05. The van der Waals surface area contributed by atoms with Gasteiger partial charge >= 0.3 is 5.97 Å². The van der Waals surface area contributed by atoms with Crippen LogP contribution < -0.4 is 10.3 Å². The number of ether oxygens (including phenoxy) is 1. The van der Waals surface area contributed by atoms with E-state index in [1.54, 1.807) is 24.3 Å². The third-order valence-corrected chi connectivity index (χ3v) is 6.60. The second kappa shape index (κ2) is 9.75. The van der Waals surface area contributed by atoms with Crippen LogP contribution in [0.25, 0.3) is 0 Å². The van der Waals surface area contributed by atoms with E-state index in [0.29, 0.717) is 16.3 Å². The largest absolute Gasteiger partial charge is 0.451 e. The van der Waals surface area contributed by atoms with Gasteiger partial charge in [0.1, 0.15) is 16.8 Å². The normalized spacial score (nSPS) is 15.8. The van der Waals surface area contributed by atoms with Crippen LogP contribution in [0.5, 0.6) is 0 Å². The molecule has 1 aromatic heterocycles. The van der Waals surface area contributed by atoms with Crippen LogP contribution in [0.15, 0.2) is 35.4 Å². The minimum atomic E-state index is -0.740. The zero-order chi connectivity index (χ0) is 22.5. The molecule has 2 amide bonds. The number of amides is 2. The van der Waals surface area contributed by atoms with Crippen molar-refractivity contribution in [2.24, 2.45) is 5.10 Å². The molecule has 0 atom stereocenters. The summed E-state index contributed by atoms with van der Waals surface area (Å²) in [5.41, 5.74) is 2.19. The number of anilines is 2. The van der Waals surface area contributed by atoms with Crippen LogP contribution in [0.2, 0.25) is 0 Å². The van der Waals surface area contributed by atoms with Gasteiger partial charge < -0.3 is 10.1 Å². The number of carbonyl (C=O) groups is 3. The molecule has 1 aliphatic carbocycles. The molecule has 1 aliphatic heterocycles. The summed E-state index contributed by atoms with van der Waals surface area (Å²) in [4.78, 5) is 38.2. The molecule has 0 bridgehead atoms. The fourth-order valence-electron chi connectivity index (χ4n) is 3.80. The van der Waals surface area contributed by atoms with E-state index in [2.05, 4.69) is 16.5 Å². The molecule has 2 aliphatic rings. The van der Waals surface area contributed by atoms with Gasteiger partial charge in [0.2, 0.25) is 5.91 Å². The second-order valence-corrected chi connectivity index (χ2v) is 8.70. The van der Waals surface area contributed by atoms with Crippen molar-refractivity contribution < 1.29 is 19.1 Å². The van der Waals surface area contributed by atoms with E-state index in [-0.39, 0.29) is 24.5 Å². The summed E-state index contributed by atoms with van der Waals surface area (Å²) in [6.45, 7) is -0.495. The Hall–Kier alpha value is -3.51. The van der Waals surface area contributed by atoms with Crippen LogP contribution in [0.1, 0.15) is 48.1 Å². The number of nitrogens with one attached hydrogen (secondary N) is 1. The number of aryl methyl sites for hydroxylation is 1. The van der Waals surface area contributed by atoms with Crippen LogP contribution in [0.4, 0.5) is 10.7 Å². The van der Waals surface area contributed by atoms with Gasteiger partial charge in [-0.3, -0.25) is 9.59 Å². The quantitative estimate of drug-likeness (QED) is 0.553. The molecule has 32 heavy (non-hydrogen) atoms. The first-order valence-corrected chi connectivity index (χ1v) is 11.4. The predicted molar refractivity (Wildman–Crippen MR) is 120 cm³/mol. The van der Waals surface area contributed by atoms with Gasteiger partial charge in [-0.05, 0) is 43.4 Å². The van der Waals surface area contributed by atoms with E-state index >= 15 is 0 Å². The zero-order valence-corrected chi connectivity index (χ0v) is 18.2. The van der Waals surface area contributed by atoms with Crippen LogP contribution >= 0.6 is 11.3 Å². The fraction of sp³-hybridized carbons (Fsp3) is 0.348. The van der Waals surface area contributed by atoms with Crippen molar-refractivity contribution in [3.63, 3.8) is 0 Å². The average molecular weight is 451 g/mol. The highest BCUT2D eigenvalue weighted by molar-refractivity contribution is 7.16. The van der Waals surface area contributed by atoms with Gasteiger partial charge in [-0.25, -0.2) is 9.80 Å². The number of carbonyl (C=O) groups excluding carboxylic acids is 3. The Labute approximate surface area is 189 Å². The first-order valence-electron chi connectivity index (χ1n) is 10.5. The maximum absolute atomic E-state index is 12.4. The Morgan fingerprint density at radius 2 is 1.91 bits per heavy atom. The molecule has 0 radical (unpaired) electrons. The smallest absolute Gasteiger partial charge is 0.355 e. The predicted octanol–water partition coefficient (Wildman–Crippen LogP) is 3.55. The molecular formula is C23H22N4O4S. The monoisotopic (exact) mass is 450 g/mol. The van der Waals surface area contributed by atoms with Crippen molar-refractivity contribution in [1.29, 1.82) is 5.26 Å². The number of hydrogen-bond acceptors (Lipinski definition) is 7. The van der Waals surface area contributed by atoms with Crippen LogP contribution in [-0.2, 0) is 32.0 Å². The van der Waals surface area contributed by atoms with E-state index in [1.165, 1.54) is 16.3 Å². The number of rotatable bonds is 5. The van der Waals surface area contributed by atoms with Crippen LogP contribution in [0.3, 0.4) is 0 Å². The third kappa shape index (κ3) is 4.70. The lowest BCUT2D eigenvalue weighted by molar-refractivity contribution is -0.140. The highest BCUT2D eigenvalue weighted by atomic mass is 32.1. The summed E-state index contributed by atoms with van der Waals surface area (Å²) in [7, 11) is 0. The summed E-state index contributed by atoms with van der Waals surface area (Å²) < 4.78 is 5.13. The summed E-state index contributed by atoms with van der Waals surface area (Å²) in [6.07, 6.45) is 5.29. The lowest BCUT2D eigenvalue weighted by Crippen LogP contribution is -2.35. The molecule has 2 aromatic rings. The SMILES string of the molecule is N#Cc1c(NC(=O)COC(=O)C2=NN(c3ccccc3)C(=O)CC2)sc2c1CCCCC2. The molecule has 4 rings (SSSR count). The summed E-state index contributed by atoms with van der Waals surface area (Å²) in [5, 5.41) is 18.1. The standard InChI is InChI=1S/C23H22N4O4S/c24-13-17-16-9-5-2-6-10-19(16)32-22(17)25-20(28)14-31-23(30)18-11-12-21(29)27(26-18)15-7-3-1-4-8-15/h1,3-4,7-8H,2,5-6,9-12,14H2,(H,25,28). The number of benzene rings is 1. The number of hydrazone groups is 1. The minimum Gasteiger partial charge on any atom is -0.451 e. The van der Waals surface area contributed by atoms with E-state index in [9.17, 15) is 19.6 Å². The molecule has 0 spiro atoms. The number of nitrogens with zero attached hydrogens (tertiary/aromatic N) is 3. The van der Waals surface area contributed by atoms with Gasteiger partial charge in [0, 0.05) is 17.7 Å². The van der Waals surface area contributed by atoms with Crippen LogP contribution in [0, 0.1) is 11.3 Å². The Kier molecular flexibility index (Phi) is 6.61. The highest BCUT2D eigenvalue weighted by Crippen LogP contribution is 2.36. The maximum atomic E-state index is 12.4. The van der Waals surface area contributed by atoms with Crippen molar-refractivity contribution in [2.45, 2.75) is 44.9 Å². The van der Waals surface area contributed by atoms with Gasteiger partial charge in [0.25, 0.3) is 5.91 Å². The minimum absolute atomic E-state index is 0.0850. The van der Waals surface area contributed by atoms with Crippen molar-refractivity contribution >= 4 is 45.5 Å². The Bertz CT molecular complexity index is 1120. The average Bonchev–Trinajstić information content (AvgIpc) is 2.97. The highest BCUT2D eigenvalue weighted by Gasteiger charge is 2.27. The molecule has 2 heterocycles. The lowest BCUT2D eigenvalue weighted by Gasteiger charge is -2.22. The molecule has 1 N–H and O–H groups in total. The van der Waals surface area contributed by atoms with Gasteiger partial charge in [-0.1, -0.05) is 24.6 Å². The van der Waals surface area contributed by atoms with Gasteiger partial charge in [-0.15, -0.1) is 11.3 Å². The first kappa shape index (κ1) is 21.7. The molecule has 1 aromatic carbocycles. The number of esters is 1. The van der Waals surface area contributed by atoms with Gasteiger partial charge in [0.05, 0.1) is 11.3 Å². The Balaban J connectivity index is 1.39. The Morgan fingerprint density at radius 3 is 2.69 bits per heavy atom. The molecule has 0 saturated heterocycles. The van der Waals surface area contributed by atoms with E-state index in [4.69, 9.17) is 4.74 Å². The third-order valence-electron chi connectivity index (χ3n) is 5.39. The molecule has 0 saturated carbocycles. The molecule has 0 unspecified atom stereocenters. The first-order chi connectivity index (χ1) is 15.6. The summed E-state index contributed by atoms with van der Waals surface area (Å²) >= 11 is 1.43. The van der Waals surface area contributed by atoms with E-state index in [0.717, 1.165) is 42.5 Å². The van der Waals surface area contributed by atoms with Crippen molar-refractivity contribution in [2.75, 3.05) is 16.9 Å². The van der Waals surface area contributed by atoms with Crippen molar-refractivity contribution in [1.82, 2.24) is 0 Å². The van der Waals surface area contributed by atoms with E-state index < -0.39 is 18.5 Å². The van der Waals surface area contributed by atoms with Crippen molar-refractivity contribution in [3.05, 3.63) is 46.3 Å². The molecule has 164 valence electrons. The maximum Gasteiger partial charge on any atom is 0.355 e. The lowest BCUT2D eigenvalue weighted by atomic mass is 10.1. The number of thiophene rings is 1. The van der Waals surface area contributed by atoms with Crippen LogP contribution in [-0.4, -0.2) is 30.1 Å². The Morgan fingerprint density at radius 1 is 1.12 bits per heavy atom. The number of nitriles is 1. The second-order valence-electron chi connectivity index (χ2n) is 7.59. The van der Waals surface area contributed by atoms with E-state index in [1.807, 2.05) is 6.07 Å². The zero-order valence-electron chi connectivity index (χ0n) is 17.4. The molecular weight excluding hydrogens is 428 g/mol. The molecule has 0 fully saturated rings. The number of para-hydroxylation sites is 1. The number of fused-ring (bicyclic) bond motifs is 1. The summed E-state index contributed by atoms with van der Waals surface area (Å²) in [6, 6.07) is 11.0.